The molecule has 2 heterocycles. The highest BCUT2D eigenvalue weighted by atomic mass is 32.2. The molecule has 132 valence electrons. The Kier molecular flexibility index (Phi) is 4.73. The lowest BCUT2D eigenvalue weighted by atomic mass is 10.2. The van der Waals surface area contributed by atoms with E-state index in [-0.39, 0.29) is 0 Å². The van der Waals surface area contributed by atoms with Crippen molar-refractivity contribution in [2.24, 2.45) is 0 Å². The maximum atomic E-state index is 8.88. The van der Waals surface area contributed by atoms with Gasteiger partial charge in [0.25, 0.3) is 0 Å². The van der Waals surface area contributed by atoms with E-state index >= 15 is 0 Å². The van der Waals surface area contributed by atoms with Gasteiger partial charge < -0.3 is 4.74 Å². The quantitative estimate of drug-likeness (QED) is 0.521. The molecule has 0 radical (unpaired) electrons. The van der Waals surface area contributed by atoms with E-state index in [2.05, 4.69) is 14.8 Å². The molecular formula is C20H15N5OS. The molecule has 7 heteroatoms. The molecule has 0 fully saturated rings. The number of nitrogens with zero attached hydrogens (tertiary/aromatic N) is 5. The Morgan fingerprint density at radius 2 is 1.85 bits per heavy atom. The number of rotatable bonds is 5. The van der Waals surface area contributed by atoms with Crippen molar-refractivity contribution in [2.75, 3.05) is 6.61 Å². The predicted octanol–water partition coefficient (Wildman–Crippen LogP) is 4.24. The summed E-state index contributed by atoms with van der Waals surface area (Å²) in [7, 11) is 0. The average Bonchev–Trinajstić information content (AvgIpc) is 3.07. The lowest BCUT2D eigenvalue weighted by molar-refractivity contribution is 0.340. The number of para-hydroxylation sites is 2. The molecule has 27 heavy (non-hydrogen) atoms. The van der Waals surface area contributed by atoms with Crippen LogP contribution in [0.2, 0.25) is 0 Å². The summed E-state index contributed by atoms with van der Waals surface area (Å²) in [5.41, 5.74) is 3.18. The summed E-state index contributed by atoms with van der Waals surface area (Å²) in [6, 6.07) is 21.3. The molecule has 6 nitrogen and oxygen atoms in total. The Morgan fingerprint density at radius 3 is 2.56 bits per heavy atom. The van der Waals surface area contributed by atoms with E-state index in [0.29, 0.717) is 17.3 Å². The average molecular weight is 373 g/mol. The van der Waals surface area contributed by atoms with Crippen LogP contribution in [0.5, 0.6) is 5.75 Å². The number of benzene rings is 2. The first kappa shape index (κ1) is 17.1. The predicted molar refractivity (Wildman–Crippen MR) is 103 cm³/mol. The third kappa shape index (κ3) is 3.48. The minimum absolute atomic E-state index is 0.291. The standard InChI is InChI=1S/C20H15N5OS/c1-2-26-16-10-8-15(9-11-16)25-18-6-4-3-5-17(18)22-20(25)27-19-12-7-14(13-21)23-24-19/h3-12H,2H2,1H3. The summed E-state index contributed by atoms with van der Waals surface area (Å²) < 4.78 is 7.62. The number of fused-ring (bicyclic) bond motifs is 1. The van der Waals surface area contributed by atoms with Crippen molar-refractivity contribution < 1.29 is 4.74 Å². The van der Waals surface area contributed by atoms with Crippen LogP contribution in [-0.4, -0.2) is 26.4 Å². The zero-order valence-electron chi connectivity index (χ0n) is 14.5. The summed E-state index contributed by atoms with van der Waals surface area (Å²) in [6.07, 6.45) is 0. The highest BCUT2D eigenvalue weighted by Crippen LogP contribution is 2.32. The van der Waals surface area contributed by atoms with Crippen molar-refractivity contribution in [2.45, 2.75) is 17.1 Å². The molecule has 2 aromatic carbocycles. The fourth-order valence-electron chi connectivity index (χ4n) is 2.71. The number of hydrogen-bond donors (Lipinski definition) is 0. The number of aromatic nitrogens is 4. The second kappa shape index (κ2) is 7.48. The van der Waals surface area contributed by atoms with Gasteiger partial charge in [-0.05, 0) is 67.2 Å². The molecule has 0 atom stereocenters. The Hall–Kier alpha value is -3.37. The van der Waals surface area contributed by atoms with Crippen LogP contribution in [0.25, 0.3) is 16.7 Å². The van der Waals surface area contributed by atoms with Gasteiger partial charge in [-0.2, -0.15) is 5.26 Å². The van der Waals surface area contributed by atoms with Crippen molar-refractivity contribution in [3.63, 3.8) is 0 Å². The van der Waals surface area contributed by atoms with Gasteiger partial charge in [-0.25, -0.2) is 4.98 Å². The Morgan fingerprint density at radius 1 is 1.04 bits per heavy atom. The van der Waals surface area contributed by atoms with Gasteiger partial charge in [0.05, 0.1) is 17.6 Å². The van der Waals surface area contributed by atoms with Crippen LogP contribution in [-0.2, 0) is 0 Å². The first-order valence-corrected chi connectivity index (χ1v) is 9.22. The van der Waals surface area contributed by atoms with Gasteiger partial charge in [0.2, 0.25) is 0 Å². The van der Waals surface area contributed by atoms with Gasteiger partial charge in [0.1, 0.15) is 16.8 Å². The third-order valence-corrected chi connectivity index (χ3v) is 4.77. The van der Waals surface area contributed by atoms with Gasteiger partial charge >= 0.3 is 0 Å². The molecule has 4 rings (SSSR count). The molecule has 0 saturated heterocycles. The maximum Gasteiger partial charge on any atom is 0.180 e. The van der Waals surface area contributed by atoms with E-state index < -0.39 is 0 Å². The molecule has 0 spiro atoms. The van der Waals surface area contributed by atoms with Crippen LogP contribution in [0.15, 0.2) is 70.8 Å². The Balaban J connectivity index is 1.78. The molecule has 0 aliphatic carbocycles. The van der Waals surface area contributed by atoms with E-state index in [1.165, 1.54) is 11.8 Å². The SMILES string of the molecule is CCOc1ccc(-n2c(Sc3ccc(C#N)nn3)nc3ccccc32)cc1. The molecule has 0 saturated carbocycles. The largest absolute Gasteiger partial charge is 0.494 e. The first-order valence-electron chi connectivity index (χ1n) is 8.41. The fourth-order valence-corrected chi connectivity index (χ4v) is 3.55. The molecule has 0 aliphatic rings. The summed E-state index contributed by atoms with van der Waals surface area (Å²) in [5, 5.41) is 18.3. The van der Waals surface area contributed by atoms with Crippen LogP contribution in [0.1, 0.15) is 12.6 Å². The molecule has 0 amide bonds. The maximum absolute atomic E-state index is 8.88. The number of ether oxygens (including phenoxy) is 1. The number of hydrogen-bond acceptors (Lipinski definition) is 6. The third-order valence-electron chi connectivity index (χ3n) is 3.89. The monoisotopic (exact) mass is 373 g/mol. The highest BCUT2D eigenvalue weighted by Gasteiger charge is 2.14. The molecule has 0 unspecified atom stereocenters. The lowest BCUT2D eigenvalue weighted by Crippen LogP contribution is -1.98. The fraction of sp³-hybridized carbons (Fsp3) is 0.100. The second-order valence-corrected chi connectivity index (χ2v) is 6.60. The van der Waals surface area contributed by atoms with Crippen LogP contribution in [0.3, 0.4) is 0 Å². The van der Waals surface area contributed by atoms with Gasteiger partial charge in [-0.3, -0.25) is 4.57 Å². The molecular weight excluding hydrogens is 358 g/mol. The smallest absolute Gasteiger partial charge is 0.180 e. The zero-order valence-corrected chi connectivity index (χ0v) is 15.3. The van der Waals surface area contributed by atoms with Gasteiger partial charge in [-0.1, -0.05) is 12.1 Å². The topological polar surface area (TPSA) is 76.6 Å². The van der Waals surface area contributed by atoms with Crippen molar-refractivity contribution in [3.8, 4) is 17.5 Å². The van der Waals surface area contributed by atoms with Crippen molar-refractivity contribution in [3.05, 3.63) is 66.4 Å². The van der Waals surface area contributed by atoms with Crippen LogP contribution in [0.4, 0.5) is 0 Å². The van der Waals surface area contributed by atoms with Crippen LogP contribution in [0, 0.1) is 11.3 Å². The molecule has 2 aromatic heterocycles. The van der Waals surface area contributed by atoms with Crippen molar-refractivity contribution in [1.82, 2.24) is 19.7 Å². The zero-order chi connectivity index (χ0) is 18.6. The van der Waals surface area contributed by atoms with E-state index in [0.717, 1.165) is 27.6 Å². The summed E-state index contributed by atoms with van der Waals surface area (Å²) >= 11 is 1.41. The van der Waals surface area contributed by atoms with Crippen LogP contribution >= 0.6 is 11.8 Å². The minimum atomic E-state index is 0.291. The Bertz CT molecular complexity index is 1110. The van der Waals surface area contributed by atoms with Gasteiger partial charge in [0.15, 0.2) is 10.9 Å². The summed E-state index contributed by atoms with van der Waals surface area (Å²) in [6.45, 7) is 2.59. The highest BCUT2D eigenvalue weighted by molar-refractivity contribution is 7.99. The van der Waals surface area contributed by atoms with E-state index in [1.54, 1.807) is 12.1 Å². The second-order valence-electron chi connectivity index (χ2n) is 5.62. The normalized spacial score (nSPS) is 10.7. The van der Waals surface area contributed by atoms with Crippen molar-refractivity contribution >= 4 is 22.8 Å². The van der Waals surface area contributed by atoms with Crippen molar-refractivity contribution in [1.29, 1.82) is 5.26 Å². The molecule has 0 bridgehead atoms. The molecule has 0 N–H and O–H groups in total. The molecule has 4 aromatic rings. The van der Waals surface area contributed by atoms with E-state index in [4.69, 9.17) is 15.0 Å². The van der Waals surface area contributed by atoms with Gasteiger partial charge in [-0.15, -0.1) is 10.2 Å². The van der Waals surface area contributed by atoms with Gasteiger partial charge in [0, 0.05) is 5.69 Å². The van der Waals surface area contributed by atoms with E-state index in [9.17, 15) is 0 Å². The molecule has 0 aliphatic heterocycles. The minimum Gasteiger partial charge on any atom is -0.494 e. The van der Waals surface area contributed by atoms with E-state index in [1.807, 2.05) is 61.5 Å². The first-order chi connectivity index (χ1) is 13.3. The van der Waals surface area contributed by atoms with Crippen LogP contribution < -0.4 is 4.74 Å². The Labute approximate surface area is 160 Å². The lowest BCUT2D eigenvalue weighted by Gasteiger charge is -2.10. The summed E-state index contributed by atoms with van der Waals surface area (Å²) in [4.78, 5) is 4.75. The number of nitriles is 1. The number of imidazole rings is 1. The summed E-state index contributed by atoms with van der Waals surface area (Å²) in [5.74, 6) is 0.831.